The molecule has 0 fully saturated rings. The molecular weight excluding hydrogens is 452 g/mol. The lowest BCUT2D eigenvalue weighted by atomic mass is 9.95. The minimum absolute atomic E-state index is 0.0863. The molecule has 36 heavy (non-hydrogen) atoms. The normalized spacial score (nSPS) is 12.6. The highest BCUT2D eigenvalue weighted by Gasteiger charge is 2.18. The number of hydrogen-bond acceptors (Lipinski definition) is 4. The van der Waals surface area contributed by atoms with E-state index in [1.807, 2.05) is 12.1 Å². The minimum atomic E-state index is -0.485. The number of hydrogen-bond donors (Lipinski definition) is 4. The van der Waals surface area contributed by atoms with Crippen molar-refractivity contribution in [2.75, 3.05) is 10.6 Å². The molecule has 0 aliphatic heterocycles. The van der Waals surface area contributed by atoms with Gasteiger partial charge in [0.15, 0.2) is 0 Å². The lowest BCUT2D eigenvalue weighted by Gasteiger charge is -2.16. The Morgan fingerprint density at radius 2 is 1.08 bits per heavy atom. The van der Waals surface area contributed by atoms with E-state index in [1.54, 1.807) is 48.5 Å². The summed E-state index contributed by atoms with van der Waals surface area (Å²) in [6.07, 6.45) is 4.06. The van der Waals surface area contributed by atoms with Crippen LogP contribution in [0.1, 0.15) is 97.1 Å². The van der Waals surface area contributed by atoms with Gasteiger partial charge in [0.05, 0.1) is 22.5 Å². The van der Waals surface area contributed by atoms with E-state index in [-0.39, 0.29) is 34.5 Å². The van der Waals surface area contributed by atoms with Crippen molar-refractivity contribution in [3.05, 3.63) is 82.9 Å². The topological polar surface area (TPSA) is 98.7 Å². The van der Waals surface area contributed by atoms with Crippen LogP contribution in [0, 0.1) is 0 Å². The number of carbonyl (C=O) groups is 2. The summed E-state index contributed by atoms with van der Waals surface area (Å²) >= 11 is 0. The number of para-hydroxylation sites is 2. The van der Waals surface area contributed by atoms with Crippen LogP contribution in [0.2, 0.25) is 0 Å². The number of aromatic hydroxyl groups is 2. The zero-order chi connectivity index (χ0) is 26.2. The van der Waals surface area contributed by atoms with E-state index in [1.165, 1.54) is 0 Å². The molecule has 0 bridgehead atoms. The van der Waals surface area contributed by atoms with Gasteiger partial charge in [-0.05, 0) is 72.2 Å². The Hall–Kier alpha value is -3.80. The summed E-state index contributed by atoms with van der Waals surface area (Å²) in [5.41, 5.74) is 3.02. The molecule has 0 saturated heterocycles. The van der Waals surface area contributed by atoms with Crippen molar-refractivity contribution in [2.24, 2.45) is 0 Å². The summed E-state index contributed by atoms with van der Waals surface area (Å²) in [4.78, 5) is 25.9. The highest BCUT2D eigenvalue weighted by atomic mass is 16.3. The van der Waals surface area contributed by atoms with Crippen LogP contribution < -0.4 is 10.6 Å². The monoisotopic (exact) mass is 488 g/mol. The molecule has 2 amide bonds. The molecule has 3 aromatic carbocycles. The van der Waals surface area contributed by atoms with Gasteiger partial charge in [-0.1, -0.05) is 64.8 Å². The molecule has 0 aromatic heterocycles. The van der Waals surface area contributed by atoms with Crippen LogP contribution in [-0.4, -0.2) is 22.0 Å². The van der Waals surface area contributed by atoms with E-state index >= 15 is 0 Å². The predicted octanol–water partition coefficient (Wildman–Crippen LogP) is 7.41. The molecule has 0 saturated carbocycles. The summed E-state index contributed by atoms with van der Waals surface area (Å²) in [5, 5.41) is 26.5. The first-order valence-electron chi connectivity index (χ1n) is 12.6. The van der Waals surface area contributed by atoms with Crippen molar-refractivity contribution in [2.45, 2.75) is 65.2 Å². The van der Waals surface area contributed by atoms with Crippen molar-refractivity contribution >= 4 is 23.2 Å². The zero-order valence-electron chi connectivity index (χ0n) is 21.5. The largest absolute Gasteiger partial charge is 0.507 e. The van der Waals surface area contributed by atoms with Gasteiger partial charge in [0, 0.05) is 0 Å². The maximum absolute atomic E-state index is 12.9. The molecule has 3 aromatic rings. The number of carbonyl (C=O) groups excluding carboxylic acids is 2. The van der Waals surface area contributed by atoms with Gasteiger partial charge in [-0.15, -0.1) is 0 Å². The third-order valence-electron chi connectivity index (χ3n) is 6.54. The smallest absolute Gasteiger partial charge is 0.259 e. The summed E-state index contributed by atoms with van der Waals surface area (Å²) in [5.74, 6) is -0.570. The number of amides is 2. The van der Waals surface area contributed by atoms with Crippen LogP contribution in [0.3, 0.4) is 0 Å². The second kappa shape index (κ2) is 12.2. The maximum atomic E-state index is 12.9. The summed E-state index contributed by atoms with van der Waals surface area (Å²) in [7, 11) is 0. The highest BCUT2D eigenvalue weighted by Crippen LogP contribution is 2.30. The SMILES string of the molecule is CCCC(C)c1ccc(C(=O)Nc2ccccc2NC(=O)c2ccc(C(C)CCC)cc2O)c(O)c1. The number of nitrogens with one attached hydrogen (secondary N) is 2. The van der Waals surface area contributed by atoms with E-state index in [4.69, 9.17) is 0 Å². The Labute approximate surface area is 213 Å². The molecule has 0 spiro atoms. The van der Waals surface area contributed by atoms with E-state index in [2.05, 4.69) is 38.3 Å². The molecule has 6 heteroatoms. The number of rotatable bonds is 10. The summed E-state index contributed by atoms with van der Waals surface area (Å²) in [6.45, 7) is 8.40. The first-order chi connectivity index (χ1) is 17.2. The van der Waals surface area contributed by atoms with Gasteiger partial charge in [0.25, 0.3) is 11.8 Å². The lowest BCUT2D eigenvalue weighted by Crippen LogP contribution is -2.17. The number of phenolic OH excluding ortho intramolecular Hbond substituents is 2. The zero-order valence-corrected chi connectivity index (χ0v) is 21.5. The standard InChI is InChI=1S/C30H36N2O4/c1-5-9-19(3)21-13-15-23(27(33)17-21)29(35)31-25-11-7-8-12-26(25)32-30(36)24-16-14-22(18-28(24)34)20(4)10-6-2/h7-8,11-20,33-34H,5-6,9-10H2,1-4H3,(H,31,35)(H,32,36). The molecular formula is C30H36N2O4. The fourth-order valence-corrected chi connectivity index (χ4v) is 4.37. The third kappa shape index (κ3) is 6.45. The summed E-state index contributed by atoms with van der Waals surface area (Å²) < 4.78 is 0. The Kier molecular flexibility index (Phi) is 9.12. The van der Waals surface area contributed by atoms with Crippen LogP contribution in [0.4, 0.5) is 11.4 Å². The molecule has 0 aliphatic rings. The van der Waals surface area contributed by atoms with Crippen LogP contribution >= 0.6 is 0 Å². The van der Waals surface area contributed by atoms with E-state index in [9.17, 15) is 19.8 Å². The van der Waals surface area contributed by atoms with Crippen molar-refractivity contribution < 1.29 is 19.8 Å². The van der Waals surface area contributed by atoms with Crippen LogP contribution in [-0.2, 0) is 0 Å². The first-order valence-corrected chi connectivity index (χ1v) is 12.6. The molecule has 2 atom stereocenters. The molecule has 6 nitrogen and oxygen atoms in total. The Morgan fingerprint density at radius 3 is 1.42 bits per heavy atom. The molecule has 0 radical (unpaired) electrons. The molecule has 190 valence electrons. The molecule has 3 rings (SSSR count). The van der Waals surface area contributed by atoms with Crippen LogP contribution in [0.15, 0.2) is 60.7 Å². The van der Waals surface area contributed by atoms with Gasteiger partial charge in [-0.25, -0.2) is 0 Å². The van der Waals surface area contributed by atoms with E-state index < -0.39 is 11.8 Å². The van der Waals surface area contributed by atoms with Gasteiger partial charge in [-0.3, -0.25) is 9.59 Å². The second-order valence-corrected chi connectivity index (χ2v) is 9.39. The third-order valence-corrected chi connectivity index (χ3v) is 6.54. The Morgan fingerprint density at radius 1 is 0.694 bits per heavy atom. The average Bonchev–Trinajstić information content (AvgIpc) is 2.85. The number of benzene rings is 3. The van der Waals surface area contributed by atoms with Crippen molar-refractivity contribution in [3.8, 4) is 11.5 Å². The number of anilines is 2. The van der Waals surface area contributed by atoms with Gasteiger partial charge in [0.1, 0.15) is 11.5 Å². The predicted molar refractivity (Wildman–Crippen MR) is 145 cm³/mol. The fraction of sp³-hybridized carbons (Fsp3) is 0.333. The highest BCUT2D eigenvalue weighted by molar-refractivity contribution is 6.11. The first kappa shape index (κ1) is 26.8. The van der Waals surface area contributed by atoms with Gasteiger partial charge in [-0.2, -0.15) is 0 Å². The Bertz CT molecular complexity index is 1130. The number of phenols is 2. The van der Waals surface area contributed by atoms with Crippen LogP contribution in [0.25, 0.3) is 0 Å². The quantitative estimate of drug-likeness (QED) is 0.239. The van der Waals surface area contributed by atoms with Gasteiger partial charge < -0.3 is 20.8 Å². The lowest BCUT2D eigenvalue weighted by molar-refractivity contribution is 0.101. The fourth-order valence-electron chi connectivity index (χ4n) is 4.37. The Balaban J connectivity index is 1.76. The van der Waals surface area contributed by atoms with Crippen molar-refractivity contribution in [1.82, 2.24) is 0 Å². The van der Waals surface area contributed by atoms with Gasteiger partial charge in [0.2, 0.25) is 0 Å². The van der Waals surface area contributed by atoms with Gasteiger partial charge >= 0.3 is 0 Å². The molecule has 4 N–H and O–H groups in total. The van der Waals surface area contributed by atoms with Crippen molar-refractivity contribution in [1.29, 1.82) is 0 Å². The second-order valence-electron chi connectivity index (χ2n) is 9.39. The maximum Gasteiger partial charge on any atom is 0.259 e. The average molecular weight is 489 g/mol. The van der Waals surface area contributed by atoms with E-state index in [0.29, 0.717) is 11.4 Å². The van der Waals surface area contributed by atoms with Crippen molar-refractivity contribution in [3.63, 3.8) is 0 Å². The van der Waals surface area contributed by atoms with Crippen LogP contribution in [0.5, 0.6) is 11.5 Å². The minimum Gasteiger partial charge on any atom is -0.507 e. The summed E-state index contributed by atoms with van der Waals surface area (Å²) in [6, 6.07) is 17.0. The molecule has 0 heterocycles. The molecule has 2 unspecified atom stereocenters. The van der Waals surface area contributed by atoms with E-state index in [0.717, 1.165) is 36.8 Å². The molecule has 0 aliphatic carbocycles.